The van der Waals surface area contributed by atoms with Gasteiger partial charge in [-0.2, -0.15) is 0 Å². The van der Waals surface area contributed by atoms with Crippen LogP contribution in [0, 0.1) is 29.1 Å². The number of phenols is 3. The fraction of sp³-hybridized carbons (Fsp3) is 0.553. The molecule has 0 spiro atoms. The number of likely N-dealkylation sites (N-methyl/N-ethyl adjacent to an activating group) is 1. The van der Waals surface area contributed by atoms with E-state index >= 15 is 28.8 Å². The smallest absolute Gasteiger partial charge is 0.248 e. The first kappa shape index (κ1) is 88.7. The van der Waals surface area contributed by atoms with Crippen LogP contribution in [0.15, 0.2) is 84.9 Å². The summed E-state index contributed by atoms with van der Waals surface area (Å²) in [6, 6.07) is 2.64. The fourth-order valence-corrected chi connectivity index (χ4v) is 19.6. The number of primary amides is 1. The Balaban J connectivity index is 0.987. The Hall–Kier alpha value is -9.61. The van der Waals surface area contributed by atoms with Gasteiger partial charge in [-0.15, -0.1) is 0 Å². The zero-order valence-electron chi connectivity index (χ0n) is 68.5. The zero-order valence-corrected chi connectivity index (χ0v) is 69.2. The molecule has 8 aliphatic heterocycles. The highest BCUT2D eigenvalue weighted by Gasteiger charge is 2.56. The third kappa shape index (κ3) is 18.2. The first-order valence-electron chi connectivity index (χ1n) is 41.1. The molecule has 660 valence electrons. The number of nitrogens with two attached hydrogens (primary N) is 3. The number of phenolic OH excluding ortho intramolecular Hbond substituents is 3. The van der Waals surface area contributed by atoms with Gasteiger partial charge in [0.25, 0.3) is 0 Å². The van der Waals surface area contributed by atoms with Crippen LogP contribution < -0.4 is 73.9 Å². The number of aromatic hydroxyl groups is 3. The molecule has 1 unspecified atom stereocenters. The van der Waals surface area contributed by atoms with Crippen LogP contribution >= 0.6 is 11.6 Å². The van der Waals surface area contributed by atoms with E-state index in [1.165, 1.54) is 82.4 Å². The van der Waals surface area contributed by atoms with E-state index in [0.717, 1.165) is 68.9 Å². The number of rotatable bonds is 17. The number of aliphatic hydroxyl groups is 6. The van der Waals surface area contributed by atoms with E-state index in [0.29, 0.717) is 17.8 Å². The van der Waals surface area contributed by atoms with Gasteiger partial charge in [0.05, 0.1) is 48.5 Å². The van der Waals surface area contributed by atoms with Crippen LogP contribution in [0.1, 0.15) is 171 Å². The number of aliphatic hydroxyl groups excluding tert-OH is 6. The molecule has 0 aromatic heterocycles. The lowest BCUT2D eigenvalue weighted by Crippen LogP contribution is -2.64. The highest BCUT2D eigenvalue weighted by Crippen LogP contribution is 2.62. The molecule has 8 heterocycles. The molecule has 8 amide bonds. The van der Waals surface area contributed by atoms with Gasteiger partial charge in [0.15, 0.2) is 30.2 Å². The maximum Gasteiger partial charge on any atom is 0.248 e. The molecule has 4 saturated carbocycles. The number of carbonyl (C=O) groups is 8. The topological polar surface area (TPSA) is 567 Å². The van der Waals surface area contributed by atoms with Gasteiger partial charge in [-0.3, -0.25) is 38.4 Å². The Kier molecular flexibility index (Phi) is 25.6. The van der Waals surface area contributed by atoms with Gasteiger partial charge in [-0.25, -0.2) is 0 Å². The van der Waals surface area contributed by atoms with Crippen molar-refractivity contribution in [3.8, 4) is 57.1 Å². The monoisotopic (exact) mass is 1720 g/mol. The van der Waals surface area contributed by atoms with E-state index in [1.54, 1.807) is 6.92 Å². The highest BCUT2D eigenvalue weighted by atomic mass is 35.5. The SMILES string of the molecule is CN[C@H](CC(C)C)C(=O)N[C@H]1C(=O)N[C@@H](CC(N)=O)C(=O)N[C@H]2C(=O)N[C@H]3C(=O)N[C@H](C(=O)N[C@H](C(=O)NC(C)C45CC6CC(CC(C6)C4)C5)c4cc(O)cc(O)c4-c4cc3ccc4O)[C@H](O[C@H]3C[C@](C)(N)[C@@H](O)[C@H](C)O3)c3ccc(cc3)Oc3cc2cc(c3O[C@@H]2O[C@H](CO)[C@@H](O)[C@H](O)[C@H]2O[C@H]2C[C@](C)(N)[C@@H](O)[C@H](C)O2)Oc2ccc(cc2Cl)[C@H]1O. The molecule has 0 radical (unpaired) electrons. The predicted octanol–water partition coefficient (Wildman–Crippen LogP) is 2.33. The van der Waals surface area contributed by atoms with Gasteiger partial charge in [0.2, 0.25) is 59.3 Å². The molecule has 23 atom stereocenters. The zero-order chi connectivity index (χ0) is 87.8. The maximum atomic E-state index is 16.7. The van der Waals surface area contributed by atoms with Crippen molar-refractivity contribution in [1.29, 1.82) is 0 Å². The largest absolute Gasteiger partial charge is 0.508 e. The van der Waals surface area contributed by atoms with Crippen molar-refractivity contribution in [2.24, 2.45) is 46.3 Å². The molecule has 5 aromatic rings. The minimum atomic E-state index is -2.33. The first-order chi connectivity index (χ1) is 57.7. The Morgan fingerprint density at radius 1 is 0.639 bits per heavy atom. The summed E-state index contributed by atoms with van der Waals surface area (Å²) in [5.41, 5.74) is 14.3. The Labute approximate surface area is 707 Å². The van der Waals surface area contributed by atoms with Crippen LogP contribution in [0.25, 0.3) is 11.1 Å². The lowest BCUT2D eigenvalue weighted by Gasteiger charge is -2.59. The minimum absolute atomic E-state index is 0.0317. The number of hydrogen-bond acceptors (Lipinski definition) is 28. The number of hydrogen-bond donors (Lipinski definition) is 20. The maximum absolute atomic E-state index is 16.7. The first-order valence-corrected chi connectivity index (χ1v) is 41.5. The molecule has 5 aromatic carbocycles. The summed E-state index contributed by atoms with van der Waals surface area (Å²) in [6.07, 6.45) is -16.4. The van der Waals surface area contributed by atoms with Crippen molar-refractivity contribution in [2.45, 2.75) is 252 Å². The second-order valence-electron chi connectivity index (χ2n) is 35.3. The molecule has 37 heteroatoms. The van der Waals surface area contributed by atoms with Crippen molar-refractivity contribution in [1.82, 2.24) is 42.5 Å². The molecule has 23 N–H and O–H groups in total. The Bertz CT molecular complexity index is 4790. The molecule has 3 saturated heterocycles. The Morgan fingerprint density at radius 3 is 1.83 bits per heavy atom. The third-order valence-electron chi connectivity index (χ3n) is 25.4. The second-order valence-corrected chi connectivity index (χ2v) is 35.7. The molecule has 36 nitrogen and oxygen atoms in total. The molecule has 4 aliphatic carbocycles. The van der Waals surface area contributed by atoms with Crippen molar-refractivity contribution < 1.29 is 122 Å². The van der Waals surface area contributed by atoms with E-state index in [-0.39, 0.29) is 80.5 Å². The summed E-state index contributed by atoms with van der Waals surface area (Å²) in [5, 5.41) is 127. The minimum Gasteiger partial charge on any atom is -0.508 e. The van der Waals surface area contributed by atoms with Gasteiger partial charge in [-0.1, -0.05) is 49.7 Å². The average molecular weight is 1720 g/mol. The predicted molar refractivity (Wildman–Crippen MR) is 431 cm³/mol. The third-order valence-corrected chi connectivity index (χ3v) is 25.7. The van der Waals surface area contributed by atoms with Crippen molar-refractivity contribution >= 4 is 58.9 Å². The fourth-order valence-electron chi connectivity index (χ4n) is 19.4. The molecular weight excluding hydrogens is 1610 g/mol. The van der Waals surface area contributed by atoms with E-state index < -0.39 is 240 Å². The lowest BCUT2D eigenvalue weighted by molar-refractivity contribution is -0.333. The van der Waals surface area contributed by atoms with Gasteiger partial charge in [0, 0.05) is 47.2 Å². The van der Waals surface area contributed by atoms with Crippen LogP contribution in [0.3, 0.4) is 0 Å². The molecule has 122 heavy (non-hydrogen) atoms. The second kappa shape index (κ2) is 35.2. The van der Waals surface area contributed by atoms with Gasteiger partial charge in [0.1, 0.15) is 95.5 Å². The molecular formula is C85H108ClN11O25. The number of fused-ring (bicyclic) bond motifs is 15. The van der Waals surface area contributed by atoms with Crippen molar-refractivity contribution in [3.63, 3.8) is 0 Å². The van der Waals surface area contributed by atoms with Gasteiger partial charge < -0.3 is 144 Å². The van der Waals surface area contributed by atoms with E-state index in [2.05, 4.69) is 42.5 Å². The average Bonchev–Trinajstić information content (AvgIpc) is 0.742. The van der Waals surface area contributed by atoms with E-state index in [9.17, 15) is 55.5 Å². The summed E-state index contributed by atoms with van der Waals surface area (Å²) in [6.45, 7) is 10.7. The summed E-state index contributed by atoms with van der Waals surface area (Å²) in [5.74, 6) is -12.4. The van der Waals surface area contributed by atoms with Crippen LogP contribution in [-0.2, 0) is 62.0 Å². The summed E-state index contributed by atoms with van der Waals surface area (Å²) >= 11 is 7.20. The van der Waals surface area contributed by atoms with Crippen LogP contribution in [-0.4, -0.2) is 216 Å². The van der Waals surface area contributed by atoms with Crippen molar-refractivity contribution in [3.05, 3.63) is 118 Å². The number of halogens is 1. The molecule has 12 aliphatic rings. The molecule has 17 rings (SSSR count). The van der Waals surface area contributed by atoms with Crippen LogP contribution in [0.2, 0.25) is 5.02 Å². The molecule has 15 bridgehead atoms. The summed E-state index contributed by atoms with van der Waals surface area (Å²) in [4.78, 5) is 124. The number of ether oxygens (including phenoxy) is 8. The standard InChI is InChI=1S/C85H108ClN11O25/c1-34(2)17-50(90-8)75(108)96-65-67(103)43-12-16-54(49(86)22-43)118-56-24-44-23-55(71(56)122-82-72(69(105)68(104)57(33-98)119-82)121-60-32-84(7,89)74(107)36(4)116-60)117-46-13-9-41(10-14-46)70(120-59-31-83(6,88)73(106)35(3)115-59)66-81(114)95-64(79(112)91-37(5)85-28-38-18-39(29-85)20-40(19-38)30-85)48-25-45(99)26-53(101)61(48)47-21-42(11-15-52(47)100)62(77(110)97-66)94-78(111)63(44)93-76(109)51(27-58(87)102)92-80(65)113/h9-16,21-26,34-40,50-51,57,59-60,62-70,72-74,82,90,98-101,103-107H,17-20,27-33,88-89H2,1-8H3,(H2,87,102)(H,91,112)(H,92,113)(H,93,109)(H,94,111)(H,95,114)(H,96,108)(H,97,110)/t35-,36-,37?,38?,39?,40?,50+,51-,57+,59-,60-,62+,63+,64-,65+,66-,67+,68+,69-,70+,72+,73-,74-,82-,83-,84-,85?/m0/s1. The van der Waals surface area contributed by atoms with Crippen LogP contribution in [0.4, 0.5) is 0 Å². The van der Waals surface area contributed by atoms with Crippen molar-refractivity contribution in [2.75, 3.05) is 13.7 Å². The van der Waals surface area contributed by atoms with Crippen LogP contribution in [0.5, 0.6) is 46.0 Å². The lowest BCUT2D eigenvalue weighted by atomic mass is 9.48. The number of amides is 8. The number of carbonyl (C=O) groups excluding carboxylic acids is 8. The summed E-state index contributed by atoms with van der Waals surface area (Å²) < 4.78 is 52.6. The highest BCUT2D eigenvalue weighted by molar-refractivity contribution is 6.32. The quantitative estimate of drug-likeness (QED) is 0.0635. The molecule has 7 fully saturated rings. The normalized spacial score (nSPS) is 35.0. The summed E-state index contributed by atoms with van der Waals surface area (Å²) in [7, 11) is 1.49. The number of benzene rings is 5. The van der Waals surface area contributed by atoms with Gasteiger partial charge in [-0.05, 0) is 198 Å². The number of nitrogens with one attached hydrogen (secondary N) is 8. The Morgan fingerprint density at radius 2 is 1.23 bits per heavy atom. The van der Waals surface area contributed by atoms with E-state index in [1.807, 2.05) is 20.8 Å². The van der Waals surface area contributed by atoms with E-state index in [4.69, 9.17) is 66.7 Å². The van der Waals surface area contributed by atoms with Gasteiger partial charge >= 0.3 is 0 Å².